The number of hydrogen-bond donors (Lipinski definition) is 1. The molecule has 0 fully saturated rings. The number of rotatable bonds is 6. The first kappa shape index (κ1) is 21.5. The molecule has 1 amide bonds. The van der Waals surface area contributed by atoms with E-state index in [2.05, 4.69) is 31.4 Å². The van der Waals surface area contributed by atoms with Gasteiger partial charge in [0.2, 0.25) is 5.82 Å². The Morgan fingerprint density at radius 2 is 1.73 bits per heavy atom. The summed E-state index contributed by atoms with van der Waals surface area (Å²) < 4.78 is 48.5. The summed E-state index contributed by atoms with van der Waals surface area (Å²) in [5, 5.41) is 6.06. The van der Waals surface area contributed by atoms with Crippen LogP contribution in [0.1, 0.15) is 21.8 Å². The maximum absolute atomic E-state index is 12.6. The standard InChI is InChI=1S/C19H13BrF3N3O4/c20-14-7-3-12(4-8-14)18(28)24-9-16(27)29-10-15-25-17(26-30-15)11-1-5-13(6-2-11)19(21,22)23/h1-8H,9-10H2,(H,24,28). The quantitative estimate of drug-likeness (QED) is 0.532. The second kappa shape index (κ2) is 9.08. The van der Waals surface area contributed by atoms with Gasteiger partial charge in [-0.25, -0.2) is 0 Å². The minimum Gasteiger partial charge on any atom is -0.454 e. The van der Waals surface area contributed by atoms with Gasteiger partial charge in [-0.15, -0.1) is 0 Å². The molecule has 0 saturated heterocycles. The number of nitrogens with zero attached hydrogens (tertiary/aromatic N) is 2. The van der Waals surface area contributed by atoms with E-state index in [-0.39, 0.29) is 24.9 Å². The Labute approximate surface area is 176 Å². The Morgan fingerprint density at radius 1 is 1.07 bits per heavy atom. The second-order valence-corrected chi connectivity index (χ2v) is 6.85. The molecule has 156 valence electrons. The highest BCUT2D eigenvalue weighted by Gasteiger charge is 2.30. The van der Waals surface area contributed by atoms with Gasteiger partial charge in [0.1, 0.15) is 6.54 Å². The van der Waals surface area contributed by atoms with Crippen LogP contribution >= 0.6 is 15.9 Å². The predicted octanol–water partition coefficient (Wildman–Crippen LogP) is 3.99. The molecule has 30 heavy (non-hydrogen) atoms. The largest absolute Gasteiger partial charge is 0.454 e. The van der Waals surface area contributed by atoms with Crippen molar-refractivity contribution in [3.8, 4) is 11.4 Å². The zero-order chi connectivity index (χ0) is 21.7. The van der Waals surface area contributed by atoms with Gasteiger partial charge < -0.3 is 14.6 Å². The summed E-state index contributed by atoms with van der Waals surface area (Å²) in [6.07, 6.45) is -4.44. The Bertz CT molecular complexity index is 1030. The molecule has 0 atom stereocenters. The van der Waals surface area contributed by atoms with Crippen LogP contribution in [0.4, 0.5) is 13.2 Å². The van der Waals surface area contributed by atoms with Crippen molar-refractivity contribution in [1.29, 1.82) is 0 Å². The van der Waals surface area contributed by atoms with Crippen LogP contribution in [-0.4, -0.2) is 28.6 Å². The molecular weight excluding hydrogens is 471 g/mol. The van der Waals surface area contributed by atoms with Crippen molar-refractivity contribution in [2.75, 3.05) is 6.54 Å². The highest BCUT2D eigenvalue weighted by atomic mass is 79.9. The number of benzene rings is 2. The summed E-state index contributed by atoms with van der Waals surface area (Å²) in [5.74, 6) is -1.16. The highest BCUT2D eigenvalue weighted by molar-refractivity contribution is 9.10. The summed E-state index contributed by atoms with van der Waals surface area (Å²) in [6, 6.07) is 10.8. The average Bonchev–Trinajstić information content (AvgIpc) is 3.19. The lowest BCUT2D eigenvalue weighted by Gasteiger charge is -2.06. The molecule has 0 unspecified atom stereocenters. The fraction of sp³-hybridized carbons (Fsp3) is 0.158. The third-order valence-electron chi connectivity index (χ3n) is 3.79. The van der Waals surface area contributed by atoms with E-state index in [1.165, 1.54) is 12.1 Å². The van der Waals surface area contributed by atoms with Crippen LogP contribution in [0, 0.1) is 0 Å². The van der Waals surface area contributed by atoms with Crippen LogP contribution < -0.4 is 5.32 Å². The Hall–Kier alpha value is -3.21. The summed E-state index contributed by atoms with van der Waals surface area (Å²) in [5.41, 5.74) is -0.107. The molecule has 0 radical (unpaired) electrons. The summed E-state index contributed by atoms with van der Waals surface area (Å²) in [4.78, 5) is 27.7. The number of amides is 1. The minimum atomic E-state index is -4.44. The fourth-order valence-electron chi connectivity index (χ4n) is 2.29. The van der Waals surface area contributed by atoms with E-state index >= 15 is 0 Å². The molecular formula is C19H13BrF3N3O4. The van der Waals surface area contributed by atoms with Gasteiger partial charge in [-0.3, -0.25) is 9.59 Å². The first-order valence-corrected chi connectivity index (χ1v) is 9.21. The van der Waals surface area contributed by atoms with Gasteiger partial charge in [0.15, 0.2) is 6.61 Å². The molecule has 1 heterocycles. The van der Waals surface area contributed by atoms with Crippen LogP contribution in [0.15, 0.2) is 57.5 Å². The molecule has 1 aromatic heterocycles. The molecule has 0 aliphatic rings. The van der Waals surface area contributed by atoms with Gasteiger partial charge in [0.25, 0.3) is 11.8 Å². The summed E-state index contributed by atoms with van der Waals surface area (Å²) in [7, 11) is 0. The molecule has 1 N–H and O–H groups in total. The van der Waals surface area contributed by atoms with Gasteiger partial charge in [-0.1, -0.05) is 33.2 Å². The highest BCUT2D eigenvalue weighted by Crippen LogP contribution is 2.30. The van der Waals surface area contributed by atoms with Crippen LogP contribution in [0.5, 0.6) is 0 Å². The van der Waals surface area contributed by atoms with Crippen LogP contribution in [0.2, 0.25) is 0 Å². The maximum atomic E-state index is 12.6. The zero-order valence-corrected chi connectivity index (χ0v) is 16.7. The van der Waals surface area contributed by atoms with Crippen molar-refractivity contribution in [3.63, 3.8) is 0 Å². The molecule has 3 aromatic rings. The van der Waals surface area contributed by atoms with Gasteiger partial charge >= 0.3 is 12.1 Å². The molecule has 7 nitrogen and oxygen atoms in total. The third-order valence-corrected chi connectivity index (χ3v) is 4.32. The first-order valence-electron chi connectivity index (χ1n) is 8.42. The van der Waals surface area contributed by atoms with E-state index in [1.54, 1.807) is 24.3 Å². The monoisotopic (exact) mass is 483 g/mol. The lowest BCUT2D eigenvalue weighted by Crippen LogP contribution is -2.30. The topological polar surface area (TPSA) is 94.3 Å². The van der Waals surface area contributed by atoms with Crippen molar-refractivity contribution in [1.82, 2.24) is 15.5 Å². The van der Waals surface area contributed by atoms with Crippen LogP contribution in [0.25, 0.3) is 11.4 Å². The maximum Gasteiger partial charge on any atom is 0.416 e. The molecule has 0 aliphatic heterocycles. The van der Waals surface area contributed by atoms with Crippen LogP contribution in [0.3, 0.4) is 0 Å². The van der Waals surface area contributed by atoms with Gasteiger partial charge in [-0.05, 0) is 36.4 Å². The van der Waals surface area contributed by atoms with E-state index in [4.69, 9.17) is 9.26 Å². The number of aromatic nitrogens is 2. The molecule has 11 heteroatoms. The van der Waals surface area contributed by atoms with E-state index < -0.39 is 23.6 Å². The zero-order valence-electron chi connectivity index (χ0n) is 15.1. The van der Waals surface area contributed by atoms with Gasteiger partial charge in [0, 0.05) is 15.6 Å². The number of hydrogen-bond acceptors (Lipinski definition) is 6. The lowest BCUT2D eigenvalue weighted by atomic mass is 10.1. The molecule has 3 rings (SSSR count). The van der Waals surface area contributed by atoms with Crippen molar-refractivity contribution in [3.05, 3.63) is 70.0 Å². The first-order chi connectivity index (χ1) is 14.2. The van der Waals surface area contributed by atoms with E-state index in [0.29, 0.717) is 11.1 Å². The number of esters is 1. The minimum absolute atomic E-state index is 0.0440. The molecule has 0 saturated carbocycles. The molecule has 2 aromatic carbocycles. The van der Waals surface area contributed by atoms with Crippen molar-refractivity contribution >= 4 is 27.8 Å². The van der Waals surface area contributed by atoms with Crippen molar-refractivity contribution in [2.24, 2.45) is 0 Å². The summed E-state index contributed by atoms with van der Waals surface area (Å²) in [6.45, 7) is -0.713. The number of alkyl halides is 3. The molecule has 0 spiro atoms. The number of ether oxygens (including phenoxy) is 1. The Kier molecular flexibility index (Phi) is 6.50. The third kappa shape index (κ3) is 5.66. The lowest BCUT2D eigenvalue weighted by molar-refractivity contribution is -0.144. The predicted molar refractivity (Wildman–Crippen MR) is 101 cm³/mol. The second-order valence-electron chi connectivity index (χ2n) is 5.94. The number of nitrogens with one attached hydrogen (secondary N) is 1. The molecule has 0 bridgehead atoms. The normalized spacial score (nSPS) is 11.2. The summed E-state index contributed by atoms with van der Waals surface area (Å²) >= 11 is 3.26. The van der Waals surface area contributed by atoms with Crippen molar-refractivity contribution < 1.29 is 32.0 Å². The van der Waals surface area contributed by atoms with Gasteiger partial charge in [0.05, 0.1) is 5.56 Å². The molecule has 0 aliphatic carbocycles. The average molecular weight is 484 g/mol. The Balaban J connectivity index is 1.49. The van der Waals surface area contributed by atoms with Crippen molar-refractivity contribution in [2.45, 2.75) is 12.8 Å². The number of carbonyl (C=O) groups is 2. The van der Waals surface area contributed by atoms with Crippen LogP contribution in [-0.2, 0) is 22.3 Å². The van der Waals surface area contributed by atoms with E-state index in [0.717, 1.165) is 16.6 Å². The SMILES string of the molecule is O=C(CNC(=O)c1ccc(Br)cc1)OCc1nc(-c2ccc(C(F)(F)F)cc2)no1. The number of carbonyl (C=O) groups excluding carboxylic acids is 2. The number of halogens is 4. The Morgan fingerprint density at radius 3 is 2.37 bits per heavy atom. The van der Waals surface area contributed by atoms with Gasteiger partial charge in [-0.2, -0.15) is 18.2 Å². The van der Waals surface area contributed by atoms with E-state index in [9.17, 15) is 22.8 Å². The fourth-order valence-corrected chi connectivity index (χ4v) is 2.55. The van der Waals surface area contributed by atoms with E-state index in [1.807, 2.05) is 0 Å². The smallest absolute Gasteiger partial charge is 0.416 e.